The van der Waals surface area contributed by atoms with Crippen LogP contribution in [0.5, 0.6) is 0 Å². The summed E-state index contributed by atoms with van der Waals surface area (Å²) in [5.41, 5.74) is 5.50. The summed E-state index contributed by atoms with van der Waals surface area (Å²) in [5.74, 6) is 1.71. The molecule has 0 saturated carbocycles. The van der Waals surface area contributed by atoms with E-state index < -0.39 is 0 Å². The molecule has 0 aliphatic heterocycles. The molecule has 2 atom stereocenters. The van der Waals surface area contributed by atoms with Crippen LogP contribution in [0.15, 0.2) is 0 Å². The molecule has 0 aromatic heterocycles. The lowest BCUT2D eigenvalue weighted by atomic mass is 9.87. The Hall–Kier alpha value is -0.0400. The largest absolute Gasteiger partial charge is 0.330 e. The van der Waals surface area contributed by atoms with E-state index in [1.165, 1.54) is 19.3 Å². The van der Waals surface area contributed by atoms with E-state index >= 15 is 0 Å². The van der Waals surface area contributed by atoms with E-state index in [4.69, 9.17) is 5.73 Å². The van der Waals surface area contributed by atoms with Gasteiger partial charge in [-0.1, -0.05) is 33.6 Å². The van der Waals surface area contributed by atoms with Gasteiger partial charge in [-0.2, -0.15) is 0 Å². The van der Waals surface area contributed by atoms with Crippen molar-refractivity contribution in [3.8, 4) is 0 Å². The number of rotatable bonds is 5. The molecule has 2 unspecified atom stereocenters. The minimum Gasteiger partial charge on any atom is -0.330 e. The second-order valence-corrected chi connectivity index (χ2v) is 3.13. The summed E-state index contributed by atoms with van der Waals surface area (Å²) in [7, 11) is 0. The fraction of sp³-hybridized carbons (Fsp3) is 1.00. The molecule has 10 heavy (non-hydrogen) atoms. The Morgan fingerprint density at radius 1 is 1.20 bits per heavy atom. The number of hydrogen-bond donors (Lipinski definition) is 1. The Morgan fingerprint density at radius 3 is 2.10 bits per heavy atom. The highest BCUT2D eigenvalue weighted by Gasteiger charge is 2.11. The molecule has 0 rings (SSSR count). The Morgan fingerprint density at radius 2 is 1.80 bits per heavy atom. The number of nitrogens with two attached hydrogens (primary N) is 1. The second-order valence-electron chi connectivity index (χ2n) is 3.13. The first kappa shape index (κ1) is 9.96. The third-order valence-electron chi connectivity index (χ3n) is 2.51. The summed E-state index contributed by atoms with van der Waals surface area (Å²) in [6.45, 7) is 7.68. The van der Waals surface area contributed by atoms with E-state index in [2.05, 4.69) is 20.8 Å². The van der Waals surface area contributed by atoms with Gasteiger partial charge >= 0.3 is 0 Å². The van der Waals surface area contributed by atoms with Gasteiger partial charge in [-0.3, -0.25) is 0 Å². The maximum atomic E-state index is 5.50. The van der Waals surface area contributed by atoms with Crippen molar-refractivity contribution in [3.05, 3.63) is 0 Å². The van der Waals surface area contributed by atoms with E-state index in [1.54, 1.807) is 0 Å². The van der Waals surface area contributed by atoms with Crippen molar-refractivity contribution in [2.45, 2.75) is 40.0 Å². The summed E-state index contributed by atoms with van der Waals surface area (Å²) >= 11 is 0. The first-order valence-electron chi connectivity index (χ1n) is 4.46. The van der Waals surface area contributed by atoms with Crippen LogP contribution in [-0.2, 0) is 0 Å². The molecule has 0 amide bonds. The maximum absolute atomic E-state index is 5.50. The zero-order chi connectivity index (χ0) is 7.98. The molecular formula is C9H21N. The van der Waals surface area contributed by atoms with Gasteiger partial charge in [0, 0.05) is 0 Å². The van der Waals surface area contributed by atoms with Crippen LogP contribution in [0, 0.1) is 11.8 Å². The van der Waals surface area contributed by atoms with Gasteiger partial charge in [-0.15, -0.1) is 0 Å². The summed E-state index contributed by atoms with van der Waals surface area (Å²) < 4.78 is 0. The molecule has 0 bridgehead atoms. The van der Waals surface area contributed by atoms with Crippen molar-refractivity contribution in [2.75, 3.05) is 6.54 Å². The topological polar surface area (TPSA) is 26.0 Å². The lowest BCUT2D eigenvalue weighted by Crippen LogP contribution is -2.14. The van der Waals surface area contributed by atoms with E-state index in [-0.39, 0.29) is 0 Å². The van der Waals surface area contributed by atoms with Gasteiger partial charge in [0.1, 0.15) is 0 Å². The minimum absolute atomic E-state index is 0.850. The number of hydrogen-bond acceptors (Lipinski definition) is 1. The van der Waals surface area contributed by atoms with Crippen LogP contribution in [-0.4, -0.2) is 6.54 Å². The summed E-state index contributed by atoms with van der Waals surface area (Å²) in [6, 6.07) is 0. The van der Waals surface area contributed by atoms with E-state index in [0.29, 0.717) is 0 Å². The average molecular weight is 143 g/mol. The molecule has 0 aromatic rings. The summed E-state index contributed by atoms with van der Waals surface area (Å²) in [5, 5.41) is 0. The Kier molecular flexibility index (Phi) is 5.70. The minimum atomic E-state index is 0.850. The van der Waals surface area contributed by atoms with Crippen LogP contribution in [0.3, 0.4) is 0 Å². The highest BCUT2D eigenvalue weighted by atomic mass is 14.5. The van der Waals surface area contributed by atoms with Crippen LogP contribution in [0.25, 0.3) is 0 Å². The first-order chi connectivity index (χ1) is 4.76. The van der Waals surface area contributed by atoms with Crippen molar-refractivity contribution in [2.24, 2.45) is 17.6 Å². The van der Waals surface area contributed by atoms with Gasteiger partial charge < -0.3 is 5.73 Å². The van der Waals surface area contributed by atoms with Gasteiger partial charge in [0.2, 0.25) is 0 Å². The van der Waals surface area contributed by atoms with Gasteiger partial charge in [0.15, 0.2) is 0 Å². The van der Waals surface area contributed by atoms with Gasteiger partial charge in [0.25, 0.3) is 0 Å². The third-order valence-corrected chi connectivity index (χ3v) is 2.51. The van der Waals surface area contributed by atoms with E-state index in [1.807, 2.05) is 0 Å². The molecule has 0 aliphatic carbocycles. The molecule has 0 heterocycles. The van der Waals surface area contributed by atoms with Crippen LogP contribution in [0.1, 0.15) is 40.0 Å². The van der Waals surface area contributed by atoms with Crippen molar-refractivity contribution in [3.63, 3.8) is 0 Å². The van der Waals surface area contributed by atoms with Gasteiger partial charge in [-0.25, -0.2) is 0 Å². The zero-order valence-corrected chi connectivity index (χ0v) is 7.56. The average Bonchev–Trinajstić information content (AvgIpc) is 1.99. The van der Waals surface area contributed by atoms with Crippen LogP contribution >= 0.6 is 0 Å². The quantitative estimate of drug-likeness (QED) is 0.628. The molecule has 62 valence electrons. The Balaban J connectivity index is 3.56. The van der Waals surface area contributed by atoms with Crippen LogP contribution in [0.2, 0.25) is 0 Å². The molecule has 1 heteroatoms. The first-order valence-corrected chi connectivity index (χ1v) is 4.46. The van der Waals surface area contributed by atoms with Crippen LogP contribution in [0.4, 0.5) is 0 Å². The normalized spacial score (nSPS) is 16.8. The molecule has 1 nitrogen and oxygen atoms in total. The smallest absolute Gasteiger partial charge is 0.00745 e. The second kappa shape index (κ2) is 5.72. The highest BCUT2D eigenvalue weighted by molar-refractivity contribution is 4.63. The predicted molar refractivity (Wildman–Crippen MR) is 46.9 cm³/mol. The fourth-order valence-corrected chi connectivity index (χ4v) is 1.44. The summed E-state index contributed by atoms with van der Waals surface area (Å²) in [4.78, 5) is 0. The van der Waals surface area contributed by atoms with E-state index in [9.17, 15) is 0 Å². The molecule has 2 N–H and O–H groups in total. The molecule has 0 aromatic carbocycles. The fourth-order valence-electron chi connectivity index (χ4n) is 1.44. The molecule has 0 spiro atoms. The molecule has 0 radical (unpaired) electrons. The Labute approximate surface area is 65.0 Å². The SMILES string of the molecule is CCC(C)C(CC)CCN. The van der Waals surface area contributed by atoms with Gasteiger partial charge in [-0.05, 0) is 24.8 Å². The lowest BCUT2D eigenvalue weighted by molar-refractivity contribution is 0.322. The van der Waals surface area contributed by atoms with Crippen LogP contribution < -0.4 is 5.73 Å². The Bertz CT molecular complexity index is 71.1. The molecule has 0 saturated heterocycles. The zero-order valence-electron chi connectivity index (χ0n) is 7.56. The monoisotopic (exact) mass is 143 g/mol. The van der Waals surface area contributed by atoms with Crippen molar-refractivity contribution in [1.29, 1.82) is 0 Å². The van der Waals surface area contributed by atoms with Gasteiger partial charge in [0.05, 0.1) is 0 Å². The lowest BCUT2D eigenvalue weighted by Gasteiger charge is -2.20. The van der Waals surface area contributed by atoms with E-state index in [0.717, 1.165) is 18.4 Å². The molecular weight excluding hydrogens is 122 g/mol. The highest BCUT2D eigenvalue weighted by Crippen LogP contribution is 2.20. The molecule has 0 fully saturated rings. The van der Waals surface area contributed by atoms with Crippen molar-refractivity contribution in [1.82, 2.24) is 0 Å². The van der Waals surface area contributed by atoms with Crippen molar-refractivity contribution >= 4 is 0 Å². The third kappa shape index (κ3) is 3.21. The predicted octanol–water partition coefficient (Wildman–Crippen LogP) is 2.41. The summed E-state index contributed by atoms with van der Waals surface area (Å²) in [6.07, 6.45) is 3.77. The molecule has 0 aliphatic rings. The standard InChI is InChI=1S/C9H21N/c1-4-8(3)9(5-2)6-7-10/h8-9H,4-7,10H2,1-3H3. The van der Waals surface area contributed by atoms with Crippen molar-refractivity contribution < 1.29 is 0 Å². The maximum Gasteiger partial charge on any atom is -0.00745 e.